The first kappa shape index (κ1) is 41.7. The van der Waals surface area contributed by atoms with Gasteiger partial charge in [0.15, 0.2) is 0 Å². The molecule has 2 rings (SSSR count). The van der Waals surface area contributed by atoms with E-state index < -0.39 is 6.04 Å². The van der Waals surface area contributed by atoms with Gasteiger partial charge in [-0.3, -0.25) is 15.0 Å². The highest BCUT2D eigenvalue weighted by Crippen LogP contribution is 2.31. The molecule has 0 saturated heterocycles. The number of carbonyl (C=O) groups excluding carboxylic acids is 1. The summed E-state index contributed by atoms with van der Waals surface area (Å²) in [5.41, 5.74) is 9.37. The zero-order chi connectivity index (χ0) is 30.7. The molecule has 39 heavy (non-hydrogen) atoms. The van der Waals surface area contributed by atoms with Crippen molar-refractivity contribution in [3.63, 3.8) is 0 Å². The first-order valence-electron chi connectivity index (χ1n) is 14.7. The van der Waals surface area contributed by atoms with Crippen molar-refractivity contribution < 1.29 is 14.6 Å². The Morgan fingerprint density at radius 3 is 2.13 bits per heavy atom. The number of amides is 1. The molecular weight excluding hydrogens is 488 g/mol. The molecular formula is C32H64N4O3. The van der Waals surface area contributed by atoms with Gasteiger partial charge in [0.1, 0.15) is 6.04 Å². The van der Waals surface area contributed by atoms with Crippen LogP contribution in [0.2, 0.25) is 0 Å². The summed E-state index contributed by atoms with van der Waals surface area (Å²) in [5, 5.41) is 14.9. The molecule has 2 aliphatic rings. The van der Waals surface area contributed by atoms with Crippen molar-refractivity contribution in [1.82, 2.24) is 15.5 Å². The first-order chi connectivity index (χ1) is 18.4. The molecule has 1 fully saturated rings. The van der Waals surface area contributed by atoms with Crippen LogP contribution in [0.15, 0.2) is 42.7 Å². The van der Waals surface area contributed by atoms with Crippen LogP contribution in [-0.4, -0.2) is 67.7 Å². The van der Waals surface area contributed by atoms with Crippen LogP contribution in [0, 0.1) is 11.3 Å². The molecule has 0 radical (unpaired) electrons. The van der Waals surface area contributed by atoms with E-state index in [2.05, 4.69) is 84.9 Å². The van der Waals surface area contributed by atoms with Gasteiger partial charge >= 0.3 is 0 Å². The van der Waals surface area contributed by atoms with E-state index in [4.69, 9.17) is 15.6 Å². The van der Waals surface area contributed by atoms with Gasteiger partial charge in [-0.25, -0.2) is 0 Å². The second-order valence-electron chi connectivity index (χ2n) is 10.9. The van der Waals surface area contributed by atoms with Crippen LogP contribution in [0.5, 0.6) is 0 Å². The molecule has 7 nitrogen and oxygen atoms in total. The zero-order valence-corrected chi connectivity index (χ0v) is 26.9. The molecule has 0 aromatic rings. The maximum atomic E-state index is 12.0. The highest BCUT2D eigenvalue weighted by molar-refractivity contribution is 5.84. The normalized spacial score (nSPS) is 16.3. The van der Waals surface area contributed by atoms with Gasteiger partial charge in [0.2, 0.25) is 5.91 Å². The zero-order valence-electron chi connectivity index (χ0n) is 26.9. The number of aliphatic hydroxyl groups excluding tert-OH is 1. The van der Waals surface area contributed by atoms with E-state index in [9.17, 15) is 4.79 Å². The Balaban J connectivity index is -0.000000580. The number of nitrogens with one attached hydrogen (secondary N) is 2. The predicted molar refractivity (Wildman–Crippen MR) is 169 cm³/mol. The lowest BCUT2D eigenvalue weighted by molar-refractivity contribution is -0.125. The van der Waals surface area contributed by atoms with Gasteiger partial charge in [0, 0.05) is 31.2 Å². The molecule has 0 spiro atoms. The Morgan fingerprint density at radius 1 is 1.23 bits per heavy atom. The maximum Gasteiger partial charge on any atom is 0.241 e. The minimum Gasteiger partial charge on any atom is -0.381 e. The number of aliphatic hydroxyl groups is 1. The van der Waals surface area contributed by atoms with Gasteiger partial charge in [-0.15, -0.1) is 12.3 Å². The summed E-state index contributed by atoms with van der Waals surface area (Å²) in [7, 11) is 0. The van der Waals surface area contributed by atoms with Gasteiger partial charge in [-0.2, -0.15) is 0 Å². The van der Waals surface area contributed by atoms with Crippen LogP contribution < -0.4 is 16.4 Å². The number of ether oxygens (including phenoxy) is 1. The molecule has 1 aliphatic carbocycles. The first-order valence-corrected chi connectivity index (χ1v) is 14.7. The van der Waals surface area contributed by atoms with E-state index in [1.165, 1.54) is 32.1 Å². The minimum atomic E-state index is -0.420. The molecule has 7 heteroatoms. The van der Waals surface area contributed by atoms with Crippen molar-refractivity contribution in [1.29, 1.82) is 0 Å². The molecule has 5 N–H and O–H groups in total. The summed E-state index contributed by atoms with van der Waals surface area (Å²) < 4.78 is 5.37. The molecule has 0 aromatic carbocycles. The molecule has 0 bridgehead atoms. The van der Waals surface area contributed by atoms with Crippen LogP contribution in [-0.2, 0) is 9.53 Å². The Hall–Kier alpha value is -1.73. The van der Waals surface area contributed by atoms with Crippen molar-refractivity contribution >= 4 is 5.91 Å². The van der Waals surface area contributed by atoms with Crippen molar-refractivity contribution in [2.45, 2.75) is 107 Å². The third-order valence-electron chi connectivity index (χ3n) is 5.64. The molecule has 0 unspecified atom stereocenters. The van der Waals surface area contributed by atoms with Crippen LogP contribution in [0.4, 0.5) is 0 Å². The summed E-state index contributed by atoms with van der Waals surface area (Å²) in [6, 6.07) is -0.122. The fraction of sp³-hybridized carbons (Fsp3) is 0.750. The minimum absolute atomic E-state index is 0.146. The Labute approximate surface area is 242 Å². The van der Waals surface area contributed by atoms with Crippen molar-refractivity contribution in [2.24, 2.45) is 17.1 Å². The molecule has 1 aliphatic heterocycles. The average molecular weight is 553 g/mol. The number of rotatable bonds is 11. The van der Waals surface area contributed by atoms with Crippen LogP contribution in [0.1, 0.15) is 94.4 Å². The average Bonchev–Trinajstić information content (AvgIpc) is 3.61. The third-order valence-corrected chi connectivity index (χ3v) is 5.64. The molecule has 0 aromatic heterocycles. The number of hydrogen-bond acceptors (Lipinski definition) is 6. The van der Waals surface area contributed by atoms with Crippen LogP contribution in [0.25, 0.3) is 0 Å². The summed E-state index contributed by atoms with van der Waals surface area (Å²) in [6.45, 7) is 28.6. The summed E-state index contributed by atoms with van der Waals surface area (Å²) >= 11 is 0. The largest absolute Gasteiger partial charge is 0.381 e. The van der Waals surface area contributed by atoms with Crippen molar-refractivity contribution in [3.8, 4) is 0 Å². The van der Waals surface area contributed by atoms with Gasteiger partial charge in [0.05, 0.1) is 20.1 Å². The fourth-order valence-corrected chi connectivity index (χ4v) is 2.36. The quantitative estimate of drug-likeness (QED) is 0.112. The molecule has 1 saturated carbocycles. The smallest absolute Gasteiger partial charge is 0.241 e. The highest BCUT2D eigenvalue weighted by Gasteiger charge is 2.25. The summed E-state index contributed by atoms with van der Waals surface area (Å²) in [6.07, 6.45) is 12.3. The number of carbonyl (C=O) groups is 1. The number of nitrogens with two attached hydrogens (primary N) is 1. The monoisotopic (exact) mass is 552 g/mol. The Morgan fingerprint density at radius 2 is 1.77 bits per heavy atom. The second kappa shape index (κ2) is 27.8. The van der Waals surface area contributed by atoms with Crippen molar-refractivity contribution in [3.05, 3.63) is 42.7 Å². The summed E-state index contributed by atoms with van der Waals surface area (Å²) in [5.74, 6) is 0.977. The molecule has 230 valence electrons. The van der Waals surface area contributed by atoms with Gasteiger partial charge in [-0.1, -0.05) is 112 Å². The van der Waals surface area contributed by atoms with Gasteiger partial charge in [-0.05, 0) is 18.3 Å². The van der Waals surface area contributed by atoms with E-state index in [1.54, 1.807) is 17.1 Å². The van der Waals surface area contributed by atoms with Gasteiger partial charge in [0.25, 0.3) is 0 Å². The lowest BCUT2D eigenvalue weighted by atomic mass is 9.89. The predicted octanol–water partition coefficient (Wildman–Crippen LogP) is 5.77. The second-order valence-corrected chi connectivity index (χ2v) is 10.9. The SMILES string of the molecule is C=C=C(CNC(=O)[C@@H]1C=CCN1CO)COCNCC=C.CCC.CCC.CCC1CC1.C[C@@H](N)C(C)(C)C. The Bertz CT molecular complexity index is 659. The highest BCUT2D eigenvalue weighted by atomic mass is 16.5. The third kappa shape index (κ3) is 27.6. The van der Waals surface area contributed by atoms with E-state index in [0.29, 0.717) is 39.0 Å². The van der Waals surface area contributed by atoms with Gasteiger partial charge < -0.3 is 20.9 Å². The van der Waals surface area contributed by atoms with E-state index in [0.717, 1.165) is 11.5 Å². The molecule has 1 heterocycles. The molecule has 2 atom stereocenters. The van der Waals surface area contributed by atoms with E-state index >= 15 is 0 Å². The van der Waals surface area contributed by atoms with Crippen molar-refractivity contribution in [2.75, 3.05) is 39.7 Å². The maximum absolute atomic E-state index is 12.0. The standard InChI is InChI=1S/C15H23N3O3.C6H15N.C5H10.2C3H8/c1-3-7-16-11-21-10-13(4-2)9-17-15(20)14-6-5-8-18(14)12-19;1-5(7)6(2,3)4;1-2-5-3-4-5;2*1-3-2/h3,5-6,14,16,19H,1-2,7-12H2,(H,17,20);5H,7H2,1-4H3;5H,2-4H2,1H3;2*3H2,1-2H3/t14-;5-;;;/m01.../s1. The van der Waals surface area contributed by atoms with E-state index in [1.807, 2.05) is 13.0 Å². The number of hydrogen-bond donors (Lipinski definition) is 4. The van der Waals surface area contributed by atoms with E-state index in [-0.39, 0.29) is 18.1 Å². The molecule has 1 amide bonds. The Kier molecular flexibility index (Phi) is 29.8. The lowest BCUT2D eigenvalue weighted by Gasteiger charge is -2.22. The number of nitrogens with zero attached hydrogens (tertiary/aromatic N) is 1. The van der Waals surface area contributed by atoms with Crippen LogP contribution >= 0.6 is 0 Å². The lowest BCUT2D eigenvalue weighted by Crippen LogP contribution is -2.44. The summed E-state index contributed by atoms with van der Waals surface area (Å²) in [4.78, 5) is 13.7. The van der Waals surface area contributed by atoms with Crippen LogP contribution in [0.3, 0.4) is 0 Å². The fourth-order valence-electron chi connectivity index (χ4n) is 2.36. The topological polar surface area (TPSA) is 99.9 Å².